The van der Waals surface area contributed by atoms with Gasteiger partial charge in [-0.2, -0.15) is 10.4 Å². The summed E-state index contributed by atoms with van der Waals surface area (Å²) in [5, 5.41) is 16.6. The molecule has 0 saturated carbocycles. The van der Waals surface area contributed by atoms with E-state index >= 15 is 4.39 Å². The predicted octanol–water partition coefficient (Wildman–Crippen LogP) is 3.70. The molecule has 0 spiro atoms. The molecule has 0 aliphatic carbocycles. The highest BCUT2D eigenvalue weighted by Gasteiger charge is 2.28. The second kappa shape index (κ2) is 13.4. The Morgan fingerprint density at radius 2 is 1.89 bits per heavy atom. The number of benzene rings is 1. The maximum absolute atomic E-state index is 15.4. The number of aromatic nitrogens is 6. The van der Waals surface area contributed by atoms with E-state index in [0.717, 1.165) is 21.2 Å². The van der Waals surface area contributed by atoms with Gasteiger partial charge in [0, 0.05) is 56.4 Å². The number of piperazine rings is 1. The van der Waals surface area contributed by atoms with Gasteiger partial charge in [-0.3, -0.25) is 0 Å². The predicted molar refractivity (Wildman–Crippen MR) is 170 cm³/mol. The maximum atomic E-state index is 15.4. The second-order valence-electron chi connectivity index (χ2n) is 12.0. The van der Waals surface area contributed by atoms with Gasteiger partial charge in [0.2, 0.25) is 5.95 Å². The summed E-state index contributed by atoms with van der Waals surface area (Å²) in [7, 11) is 0. The third-order valence-corrected chi connectivity index (χ3v) is 7.54. The van der Waals surface area contributed by atoms with Crippen molar-refractivity contribution in [1.29, 1.82) is 5.26 Å². The van der Waals surface area contributed by atoms with Gasteiger partial charge in [0.25, 0.3) is 0 Å². The molecule has 240 valence electrons. The van der Waals surface area contributed by atoms with E-state index in [1.807, 2.05) is 12.4 Å². The van der Waals surface area contributed by atoms with Gasteiger partial charge in [-0.25, -0.2) is 38.2 Å². The van der Waals surface area contributed by atoms with E-state index in [2.05, 4.69) is 55.1 Å². The average molecular weight is 629 g/mol. The normalized spacial score (nSPS) is 15.0. The number of nitrogens with one attached hydrogen (secondary N) is 1. The Morgan fingerprint density at radius 1 is 1.13 bits per heavy atom. The Kier molecular flexibility index (Phi) is 9.31. The Balaban J connectivity index is 1.27. The number of carbonyl (C=O) groups excluding carboxylic acids is 1. The molecule has 1 fully saturated rings. The first kappa shape index (κ1) is 32.1. The quantitative estimate of drug-likeness (QED) is 0.306. The summed E-state index contributed by atoms with van der Waals surface area (Å²) >= 11 is 0. The molecule has 1 aliphatic heterocycles. The van der Waals surface area contributed by atoms with Crippen LogP contribution in [0.1, 0.15) is 45.7 Å². The minimum atomic E-state index is -0.646. The van der Waals surface area contributed by atoms with Crippen LogP contribution in [0.5, 0.6) is 0 Å². The van der Waals surface area contributed by atoms with Crippen molar-refractivity contribution in [2.75, 3.05) is 36.0 Å². The van der Waals surface area contributed by atoms with E-state index in [-0.39, 0.29) is 24.8 Å². The number of nitrogens with zero attached hydrogens (tertiary/aromatic N) is 9. The van der Waals surface area contributed by atoms with Gasteiger partial charge in [0.05, 0.1) is 17.8 Å². The van der Waals surface area contributed by atoms with Crippen molar-refractivity contribution < 1.29 is 13.9 Å². The van der Waals surface area contributed by atoms with Gasteiger partial charge in [-0.1, -0.05) is 13.0 Å². The first-order valence-electron chi connectivity index (χ1n) is 15.1. The minimum absolute atomic E-state index is 0.0187. The summed E-state index contributed by atoms with van der Waals surface area (Å²) in [4.78, 5) is 42.6. The van der Waals surface area contributed by atoms with Crippen molar-refractivity contribution in [3.8, 4) is 22.9 Å². The molecule has 1 unspecified atom stereocenters. The second-order valence-corrected chi connectivity index (χ2v) is 12.0. The molecule has 0 radical (unpaired) electrons. The van der Waals surface area contributed by atoms with Gasteiger partial charge in [-0.15, -0.1) is 0 Å². The molecular formula is C32H37FN10O3. The highest BCUT2D eigenvalue weighted by atomic mass is 19.1. The van der Waals surface area contributed by atoms with Crippen molar-refractivity contribution in [2.45, 2.75) is 59.2 Å². The molecule has 1 atom stereocenters. The van der Waals surface area contributed by atoms with Crippen LogP contribution in [-0.4, -0.2) is 73.2 Å². The highest BCUT2D eigenvalue weighted by molar-refractivity contribution is 5.70. The van der Waals surface area contributed by atoms with Crippen LogP contribution < -0.4 is 20.8 Å². The molecule has 1 aromatic carbocycles. The zero-order valence-electron chi connectivity index (χ0n) is 26.6. The van der Waals surface area contributed by atoms with E-state index in [9.17, 15) is 14.9 Å². The lowest BCUT2D eigenvalue weighted by atomic mass is 10.0. The number of anilines is 2. The minimum Gasteiger partial charge on any atom is -0.444 e. The van der Waals surface area contributed by atoms with E-state index in [4.69, 9.17) is 4.74 Å². The first-order chi connectivity index (χ1) is 22.0. The van der Waals surface area contributed by atoms with E-state index < -0.39 is 23.2 Å². The van der Waals surface area contributed by atoms with Gasteiger partial charge < -0.3 is 19.9 Å². The number of amides is 1. The van der Waals surface area contributed by atoms with Crippen molar-refractivity contribution in [1.82, 2.24) is 34.6 Å². The summed E-state index contributed by atoms with van der Waals surface area (Å²) in [5.41, 5.74) is 1.34. The van der Waals surface area contributed by atoms with E-state index in [1.54, 1.807) is 39.1 Å². The van der Waals surface area contributed by atoms with E-state index in [1.165, 1.54) is 18.5 Å². The molecule has 4 aromatic rings. The monoisotopic (exact) mass is 628 g/mol. The SMILES string of the molecule is CCc1cnc(N2CCN(c3ncc(-c4ccc(-n5cnn(CCNC(=O)OC(C)(C)C)c5=O)c(F)c4)cc3C#N)C(C)C2)nc1. The van der Waals surface area contributed by atoms with Crippen LogP contribution in [0.3, 0.4) is 0 Å². The zero-order chi connectivity index (χ0) is 33.0. The van der Waals surface area contributed by atoms with Crippen LogP contribution in [0.2, 0.25) is 0 Å². The van der Waals surface area contributed by atoms with Gasteiger partial charge in [0.15, 0.2) is 0 Å². The number of hydrogen-bond donors (Lipinski definition) is 1. The molecule has 1 aliphatic rings. The summed E-state index contributed by atoms with van der Waals surface area (Å²) in [6, 6.07) is 8.43. The molecule has 14 heteroatoms. The van der Waals surface area contributed by atoms with Crippen LogP contribution in [0.25, 0.3) is 16.8 Å². The fourth-order valence-electron chi connectivity index (χ4n) is 5.19. The molecule has 1 saturated heterocycles. The maximum Gasteiger partial charge on any atom is 0.407 e. The number of halogens is 1. The fourth-order valence-corrected chi connectivity index (χ4v) is 5.19. The summed E-state index contributed by atoms with van der Waals surface area (Å²) in [6.07, 6.45) is 6.82. The topological polar surface area (TPSA) is 147 Å². The average Bonchev–Trinajstić information content (AvgIpc) is 3.39. The summed E-state index contributed by atoms with van der Waals surface area (Å²) in [5.74, 6) is 0.605. The molecular weight excluding hydrogens is 591 g/mol. The van der Waals surface area contributed by atoms with Crippen LogP contribution in [0.15, 0.2) is 54.0 Å². The summed E-state index contributed by atoms with van der Waals surface area (Å²) in [6.45, 7) is 11.5. The van der Waals surface area contributed by atoms with E-state index in [0.29, 0.717) is 48.1 Å². The zero-order valence-corrected chi connectivity index (χ0v) is 26.6. The molecule has 1 N–H and O–H groups in total. The van der Waals surface area contributed by atoms with Crippen molar-refractivity contribution in [2.24, 2.45) is 0 Å². The molecule has 5 rings (SSSR count). The van der Waals surface area contributed by atoms with Crippen LogP contribution in [-0.2, 0) is 17.7 Å². The van der Waals surface area contributed by atoms with Gasteiger partial charge >= 0.3 is 11.8 Å². The fraction of sp³-hybridized carbons (Fsp3) is 0.406. The number of hydrogen-bond acceptors (Lipinski definition) is 10. The third-order valence-electron chi connectivity index (χ3n) is 7.54. The summed E-state index contributed by atoms with van der Waals surface area (Å²) < 4.78 is 22.8. The first-order valence-corrected chi connectivity index (χ1v) is 15.1. The lowest BCUT2D eigenvalue weighted by Gasteiger charge is -2.40. The van der Waals surface area contributed by atoms with Crippen LogP contribution in [0, 0.1) is 17.1 Å². The number of nitriles is 1. The number of pyridine rings is 1. The Bertz CT molecular complexity index is 1810. The Labute approximate surface area is 266 Å². The van der Waals surface area contributed by atoms with Crippen LogP contribution >= 0.6 is 0 Å². The van der Waals surface area contributed by atoms with Gasteiger partial charge in [0.1, 0.15) is 29.6 Å². The standard InChI is InChI=1S/C32H37FN10O3/c1-6-22-16-37-29(38-17-22)40-11-12-41(21(2)19-40)28-24(15-34)13-25(18-36-28)23-7-8-27(26(33)14-23)42-20-39-43(31(42)45)10-9-35-30(44)46-32(3,4)5/h7-8,13-14,16-18,20-21H,6,9-12,19H2,1-5H3,(H,35,44). The number of carbonyl (C=O) groups is 1. The molecule has 13 nitrogen and oxygen atoms in total. The lowest BCUT2D eigenvalue weighted by Crippen LogP contribution is -2.53. The number of ether oxygens (including phenoxy) is 1. The van der Waals surface area contributed by atoms with Crippen molar-refractivity contribution in [3.63, 3.8) is 0 Å². The molecule has 3 aromatic heterocycles. The Hall–Kier alpha value is -5.32. The number of alkyl carbamates (subject to hydrolysis) is 1. The smallest absolute Gasteiger partial charge is 0.407 e. The number of aryl methyl sites for hydroxylation is 1. The number of rotatable bonds is 8. The van der Waals surface area contributed by atoms with Crippen molar-refractivity contribution >= 4 is 17.9 Å². The molecule has 1 amide bonds. The molecule has 0 bridgehead atoms. The lowest BCUT2D eigenvalue weighted by molar-refractivity contribution is 0.0525. The van der Waals surface area contributed by atoms with Crippen LogP contribution in [0.4, 0.5) is 21.0 Å². The largest absolute Gasteiger partial charge is 0.444 e. The molecule has 46 heavy (non-hydrogen) atoms. The third kappa shape index (κ3) is 7.14. The molecule has 4 heterocycles. The highest BCUT2D eigenvalue weighted by Crippen LogP contribution is 2.29. The van der Waals surface area contributed by atoms with Crippen molar-refractivity contribution in [3.05, 3.63) is 76.6 Å². The Morgan fingerprint density at radius 3 is 2.54 bits per heavy atom. The van der Waals surface area contributed by atoms with Gasteiger partial charge in [-0.05, 0) is 63.4 Å².